The van der Waals surface area contributed by atoms with Gasteiger partial charge in [0.1, 0.15) is 16.1 Å². The van der Waals surface area contributed by atoms with Crippen molar-refractivity contribution in [2.45, 2.75) is 26.3 Å². The minimum atomic E-state index is -0.680. The Morgan fingerprint density at radius 1 is 1.36 bits per heavy atom. The molecule has 0 aliphatic carbocycles. The van der Waals surface area contributed by atoms with Crippen LogP contribution in [0.25, 0.3) is 0 Å². The van der Waals surface area contributed by atoms with Crippen LogP contribution in [0, 0.1) is 5.92 Å². The number of hydrogen-bond acceptors (Lipinski definition) is 6. The van der Waals surface area contributed by atoms with Gasteiger partial charge in [-0.3, -0.25) is 10.1 Å². The van der Waals surface area contributed by atoms with Crippen LogP contribution in [0.4, 0.5) is 5.13 Å². The minimum absolute atomic E-state index is 0.0246. The van der Waals surface area contributed by atoms with E-state index >= 15 is 0 Å². The van der Waals surface area contributed by atoms with Crippen LogP contribution in [-0.4, -0.2) is 22.9 Å². The first kappa shape index (κ1) is 19.7. The van der Waals surface area contributed by atoms with E-state index in [1.165, 1.54) is 6.20 Å². The van der Waals surface area contributed by atoms with Crippen LogP contribution in [0.5, 0.6) is 5.75 Å². The van der Waals surface area contributed by atoms with Gasteiger partial charge in [0.15, 0.2) is 5.13 Å². The molecule has 6 nitrogen and oxygen atoms in total. The summed E-state index contributed by atoms with van der Waals surface area (Å²) >= 11 is 12.6. The molecule has 0 fully saturated rings. The second-order valence-corrected chi connectivity index (χ2v) is 7.19. The molecule has 2 atom stereocenters. The summed E-state index contributed by atoms with van der Waals surface area (Å²) in [5, 5.41) is 2.98. The molecule has 2 rings (SSSR count). The second kappa shape index (κ2) is 9.15. The van der Waals surface area contributed by atoms with Gasteiger partial charge in [-0.1, -0.05) is 55.3 Å². The zero-order valence-electron chi connectivity index (χ0n) is 13.6. The molecule has 0 spiro atoms. The molecule has 9 heteroatoms. The molecular formula is C16H17Cl2N3O3S. The minimum Gasteiger partial charge on any atom is -0.424 e. The van der Waals surface area contributed by atoms with Gasteiger partial charge < -0.3 is 4.74 Å². The number of anilines is 1. The van der Waals surface area contributed by atoms with Crippen LogP contribution in [-0.2, 0) is 4.79 Å². The van der Waals surface area contributed by atoms with E-state index in [0.29, 0.717) is 9.47 Å². The molecule has 1 aromatic heterocycles. The monoisotopic (exact) mass is 401 g/mol. The van der Waals surface area contributed by atoms with Gasteiger partial charge in [0.05, 0.1) is 11.8 Å². The summed E-state index contributed by atoms with van der Waals surface area (Å²) in [6, 6.07) is 5.77. The van der Waals surface area contributed by atoms with E-state index in [2.05, 4.69) is 15.1 Å². The highest BCUT2D eigenvalue weighted by Crippen LogP contribution is 2.25. The number of ether oxygens (including phenoxy) is 1. The number of thiazole rings is 1. The van der Waals surface area contributed by atoms with Crippen molar-refractivity contribution in [2.24, 2.45) is 5.92 Å². The molecule has 2 N–H and O–H groups in total. The Morgan fingerprint density at radius 3 is 2.68 bits per heavy atom. The lowest BCUT2D eigenvalue weighted by molar-refractivity contribution is -0.137. The Balaban J connectivity index is 2.17. The van der Waals surface area contributed by atoms with Gasteiger partial charge in [0, 0.05) is 0 Å². The van der Waals surface area contributed by atoms with Crippen LogP contribution < -0.4 is 14.9 Å². The number of amides is 1. The third kappa shape index (κ3) is 5.15. The van der Waals surface area contributed by atoms with Crippen molar-refractivity contribution in [3.63, 3.8) is 0 Å². The predicted molar refractivity (Wildman–Crippen MR) is 99.4 cm³/mol. The van der Waals surface area contributed by atoms with Crippen LogP contribution in [0.15, 0.2) is 30.5 Å². The number of benzene rings is 1. The van der Waals surface area contributed by atoms with Crippen molar-refractivity contribution in [1.82, 2.24) is 9.82 Å². The summed E-state index contributed by atoms with van der Waals surface area (Å²) in [6.07, 6.45) is 2.18. The van der Waals surface area contributed by atoms with Gasteiger partial charge in [-0.15, -0.1) is 0 Å². The van der Waals surface area contributed by atoms with Crippen LogP contribution in [0.3, 0.4) is 0 Å². The number of carbonyl (C=O) groups excluding carboxylic acids is 2. The number of nitrogens with zero attached hydrogens (tertiary/aromatic N) is 1. The molecule has 0 bridgehead atoms. The quantitative estimate of drug-likeness (QED) is 0.414. The average Bonchev–Trinajstić information content (AvgIpc) is 3.00. The molecule has 0 saturated heterocycles. The number of nitrogens with one attached hydrogen (secondary N) is 2. The van der Waals surface area contributed by atoms with Crippen molar-refractivity contribution in [2.75, 3.05) is 5.32 Å². The molecular weight excluding hydrogens is 385 g/mol. The van der Waals surface area contributed by atoms with E-state index in [1.807, 2.05) is 13.8 Å². The lowest BCUT2D eigenvalue weighted by Gasteiger charge is -2.20. The van der Waals surface area contributed by atoms with Crippen molar-refractivity contribution in [3.05, 3.63) is 40.4 Å². The first-order valence-corrected chi connectivity index (χ1v) is 9.13. The first-order valence-electron chi connectivity index (χ1n) is 7.55. The first-order chi connectivity index (χ1) is 12.0. The van der Waals surface area contributed by atoms with Gasteiger partial charge in [0.25, 0.3) is 5.91 Å². The topological polar surface area (TPSA) is 80.3 Å². The molecule has 25 heavy (non-hydrogen) atoms. The highest BCUT2D eigenvalue weighted by molar-refractivity contribution is 7.19. The maximum absolute atomic E-state index is 12.4. The van der Waals surface area contributed by atoms with Crippen molar-refractivity contribution >= 4 is 51.7 Å². The molecule has 0 aliphatic heterocycles. The second-order valence-electron chi connectivity index (χ2n) is 5.31. The summed E-state index contributed by atoms with van der Waals surface area (Å²) in [5.74, 6) is -0.883. The summed E-state index contributed by atoms with van der Waals surface area (Å²) in [4.78, 5) is 31.2. The smallest absolute Gasteiger partial charge is 0.330 e. The maximum atomic E-state index is 12.4. The highest BCUT2D eigenvalue weighted by atomic mass is 35.5. The van der Waals surface area contributed by atoms with Gasteiger partial charge in [0.2, 0.25) is 0 Å². The molecule has 1 heterocycles. The van der Waals surface area contributed by atoms with Crippen molar-refractivity contribution in [1.29, 1.82) is 0 Å². The van der Waals surface area contributed by atoms with E-state index < -0.39 is 17.9 Å². The van der Waals surface area contributed by atoms with E-state index in [9.17, 15) is 9.59 Å². The number of hydrogen-bond donors (Lipinski definition) is 2. The Labute approximate surface area is 159 Å². The fourth-order valence-corrected chi connectivity index (χ4v) is 3.12. The molecule has 0 aliphatic rings. The molecule has 0 radical (unpaired) electrons. The Kier molecular flexibility index (Phi) is 7.19. The molecule has 0 saturated carbocycles. The maximum Gasteiger partial charge on any atom is 0.330 e. The van der Waals surface area contributed by atoms with E-state index in [1.54, 1.807) is 24.3 Å². The molecule has 1 amide bonds. The van der Waals surface area contributed by atoms with Crippen molar-refractivity contribution in [3.8, 4) is 5.75 Å². The lowest BCUT2D eigenvalue weighted by atomic mass is 10.0. The zero-order chi connectivity index (χ0) is 18.4. The Bertz CT molecular complexity index is 754. The van der Waals surface area contributed by atoms with Gasteiger partial charge in [-0.25, -0.2) is 14.6 Å². The van der Waals surface area contributed by atoms with E-state index in [4.69, 9.17) is 28.1 Å². The summed E-state index contributed by atoms with van der Waals surface area (Å²) in [6.45, 7) is 3.83. The van der Waals surface area contributed by atoms with E-state index in [0.717, 1.165) is 17.8 Å². The normalized spacial score (nSPS) is 13.1. The van der Waals surface area contributed by atoms with Crippen LogP contribution in [0.1, 0.15) is 30.6 Å². The van der Waals surface area contributed by atoms with Gasteiger partial charge in [-0.05, 0) is 29.8 Å². The van der Waals surface area contributed by atoms with Gasteiger partial charge >= 0.3 is 5.97 Å². The number of para-hydroxylation sites is 1. The Hall–Kier alpha value is -1.67. The van der Waals surface area contributed by atoms with Crippen LogP contribution >= 0.6 is 34.7 Å². The third-order valence-electron chi connectivity index (χ3n) is 3.62. The number of halogens is 2. The predicted octanol–water partition coefficient (Wildman–Crippen LogP) is 4.11. The summed E-state index contributed by atoms with van der Waals surface area (Å²) in [7, 11) is 0. The summed E-state index contributed by atoms with van der Waals surface area (Å²) < 4.78 is 5.85. The number of aromatic nitrogens is 1. The molecule has 134 valence electrons. The lowest BCUT2D eigenvalue weighted by Crippen LogP contribution is -2.40. The number of rotatable bonds is 7. The average molecular weight is 402 g/mol. The standard InChI is InChI=1S/C16H17Cl2N3O3S/c1-3-9(2)13(21-18)15(23)24-11-7-5-4-6-10(11)14(22)20-16-19-8-12(17)25-16/h4-9,13,21H,3H2,1-2H3,(H,19,20,22)/t9-,13-/m0/s1. The number of carbonyl (C=O) groups is 2. The van der Waals surface area contributed by atoms with Gasteiger partial charge in [-0.2, -0.15) is 0 Å². The van der Waals surface area contributed by atoms with E-state index in [-0.39, 0.29) is 17.2 Å². The SMILES string of the molecule is CC[C@H](C)[C@H](NCl)C(=O)Oc1ccccc1C(=O)Nc1ncc(Cl)s1. The Morgan fingerprint density at radius 2 is 2.08 bits per heavy atom. The summed E-state index contributed by atoms with van der Waals surface area (Å²) in [5.41, 5.74) is 0.208. The molecule has 0 unspecified atom stereocenters. The highest BCUT2D eigenvalue weighted by Gasteiger charge is 2.26. The number of esters is 1. The fourth-order valence-electron chi connectivity index (χ4n) is 2.01. The third-order valence-corrected chi connectivity index (χ3v) is 4.89. The molecule has 2 aromatic rings. The van der Waals surface area contributed by atoms with Crippen molar-refractivity contribution < 1.29 is 14.3 Å². The fraction of sp³-hybridized carbons (Fsp3) is 0.312. The molecule has 1 aromatic carbocycles. The zero-order valence-corrected chi connectivity index (χ0v) is 15.9. The largest absolute Gasteiger partial charge is 0.424 e. The van der Waals surface area contributed by atoms with Crippen LogP contribution in [0.2, 0.25) is 4.34 Å².